The van der Waals surface area contributed by atoms with Crippen molar-refractivity contribution < 1.29 is 0 Å². The Hall–Kier alpha value is -1.87. The highest BCUT2D eigenvalue weighted by Crippen LogP contribution is 2.25. The normalized spacial score (nSPS) is 12.2. The summed E-state index contributed by atoms with van der Waals surface area (Å²) >= 11 is 0. The lowest BCUT2D eigenvalue weighted by Crippen LogP contribution is -2.18. The number of hydrogen-bond acceptors (Lipinski definition) is 3. The second-order valence-corrected chi connectivity index (χ2v) is 5.04. The molecular weight excluding hydrogens is 246 g/mol. The summed E-state index contributed by atoms with van der Waals surface area (Å²) in [6, 6.07) is 13.1. The molecule has 2 aromatic rings. The monoisotopic (exact) mass is 269 g/mol. The fourth-order valence-electron chi connectivity index (χ4n) is 2.22. The highest BCUT2D eigenvalue weighted by atomic mass is 15.2. The van der Waals surface area contributed by atoms with Gasteiger partial charge in [-0.2, -0.15) is 0 Å². The Bertz CT molecular complexity index is 548. The van der Waals surface area contributed by atoms with Gasteiger partial charge in [0.1, 0.15) is 5.82 Å². The standard InChI is InChI=1S/C17H23N3/c1-5-20(16-8-6-13(2)7-9-16)17-12-15(10-11-19-17)14(3)18-4/h6-12,14,18H,5H2,1-4H3. The number of aryl methyl sites for hydroxylation is 1. The van der Waals surface area contributed by atoms with Crippen LogP contribution in [0.4, 0.5) is 11.5 Å². The summed E-state index contributed by atoms with van der Waals surface area (Å²) < 4.78 is 0. The first-order valence-corrected chi connectivity index (χ1v) is 7.13. The summed E-state index contributed by atoms with van der Waals surface area (Å²) in [6.07, 6.45) is 1.88. The van der Waals surface area contributed by atoms with Crippen molar-refractivity contribution in [3.63, 3.8) is 0 Å². The molecule has 0 aliphatic rings. The molecule has 0 saturated heterocycles. The van der Waals surface area contributed by atoms with E-state index in [9.17, 15) is 0 Å². The van der Waals surface area contributed by atoms with Gasteiger partial charge in [-0.1, -0.05) is 17.7 Å². The van der Waals surface area contributed by atoms with Crippen LogP contribution in [0.15, 0.2) is 42.6 Å². The number of pyridine rings is 1. The van der Waals surface area contributed by atoms with Gasteiger partial charge in [-0.15, -0.1) is 0 Å². The van der Waals surface area contributed by atoms with Gasteiger partial charge in [0.2, 0.25) is 0 Å². The molecule has 0 saturated carbocycles. The Morgan fingerprint density at radius 1 is 1.20 bits per heavy atom. The van der Waals surface area contributed by atoms with Crippen LogP contribution in [0.5, 0.6) is 0 Å². The van der Waals surface area contributed by atoms with Crippen molar-refractivity contribution >= 4 is 11.5 Å². The van der Waals surface area contributed by atoms with Gasteiger partial charge in [-0.25, -0.2) is 4.98 Å². The molecule has 0 aliphatic heterocycles. The molecule has 0 radical (unpaired) electrons. The van der Waals surface area contributed by atoms with E-state index in [0.717, 1.165) is 12.4 Å². The van der Waals surface area contributed by atoms with E-state index in [2.05, 4.69) is 72.4 Å². The van der Waals surface area contributed by atoms with Crippen molar-refractivity contribution in [2.24, 2.45) is 0 Å². The minimum Gasteiger partial charge on any atom is -0.327 e. The van der Waals surface area contributed by atoms with E-state index in [4.69, 9.17) is 0 Å². The Labute approximate surface area is 121 Å². The molecule has 2 rings (SSSR count). The number of benzene rings is 1. The van der Waals surface area contributed by atoms with E-state index in [-0.39, 0.29) is 0 Å². The van der Waals surface area contributed by atoms with Gasteiger partial charge in [0, 0.05) is 24.5 Å². The molecule has 1 aromatic carbocycles. The maximum atomic E-state index is 4.52. The number of aromatic nitrogens is 1. The molecule has 20 heavy (non-hydrogen) atoms. The third kappa shape index (κ3) is 3.17. The summed E-state index contributed by atoms with van der Waals surface area (Å²) in [7, 11) is 1.97. The molecule has 1 heterocycles. The summed E-state index contributed by atoms with van der Waals surface area (Å²) in [4.78, 5) is 6.75. The molecule has 0 amide bonds. The van der Waals surface area contributed by atoms with Crippen LogP contribution >= 0.6 is 0 Å². The van der Waals surface area contributed by atoms with Crippen molar-refractivity contribution in [2.45, 2.75) is 26.8 Å². The Balaban J connectivity index is 2.34. The van der Waals surface area contributed by atoms with Crippen LogP contribution in [0.1, 0.15) is 31.0 Å². The molecule has 3 nitrogen and oxygen atoms in total. The molecule has 1 atom stereocenters. The van der Waals surface area contributed by atoms with Gasteiger partial charge in [0.15, 0.2) is 0 Å². The highest BCUT2D eigenvalue weighted by Gasteiger charge is 2.10. The Kier molecular flexibility index (Phi) is 4.74. The molecular formula is C17H23N3. The van der Waals surface area contributed by atoms with Crippen LogP contribution in [0.2, 0.25) is 0 Å². The van der Waals surface area contributed by atoms with Gasteiger partial charge >= 0.3 is 0 Å². The van der Waals surface area contributed by atoms with E-state index < -0.39 is 0 Å². The van der Waals surface area contributed by atoms with Gasteiger partial charge < -0.3 is 10.2 Å². The zero-order valence-electron chi connectivity index (χ0n) is 12.7. The van der Waals surface area contributed by atoms with Crippen LogP contribution in [-0.2, 0) is 0 Å². The molecule has 0 fully saturated rings. The van der Waals surface area contributed by atoms with Crippen LogP contribution in [0.3, 0.4) is 0 Å². The lowest BCUT2D eigenvalue weighted by Gasteiger charge is -2.23. The second kappa shape index (κ2) is 6.53. The molecule has 106 valence electrons. The van der Waals surface area contributed by atoms with Crippen molar-refractivity contribution in [2.75, 3.05) is 18.5 Å². The van der Waals surface area contributed by atoms with E-state index in [0.29, 0.717) is 6.04 Å². The third-order valence-electron chi connectivity index (χ3n) is 3.64. The van der Waals surface area contributed by atoms with Crippen molar-refractivity contribution in [3.8, 4) is 0 Å². The van der Waals surface area contributed by atoms with Gasteiger partial charge in [-0.3, -0.25) is 0 Å². The Morgan fingerprint density at radius 2 is 1.90 bits per heavy atom. The number of nitrogens with one attached hydrogen (secondary N) is 1. The highest BCUT2D eigenvalue weighted by molar-refractivity contribution is 5.60. The smallest absolute Gasteiger partial charge is 0.133 e. The number of anilines is 2. The van der Waals surface area contributed by atoms with E-state index in [1.54, 1.807) is 0 Å². The van der Waals surface area contributed by atoms with E-state index in [1.165, 1.54) is 16.8 Å². The van der Waals surface area contributed by atoms with E-state index in [1.807, 2.05) is 13.2 Å². The molecule has 1 unspecified atom stereocenters. The topological polar surface area (TPSA) is 28.2 Å². The maximum absolute atomic E-state index is 4.52. The largest absolute Gasteiger partial charge is 0.327 e. The summed E-state index contributed by atoms with van der Waals surface area (Å²) in [5, 5.41) is 3.27. The number of nitrogens with zero attached hydrogens (tertiary/aromatic N) is 2. The predicted molar refractivity (Wildman–Crippen MR) is 85.6 cm³/mol. The summed E-state index contributed by atoms with van der Waals surface area (Å²) in [6.45, 7) is 7.30. The third-order valence-corrected chi connectivity index (χ3v) is 3.64. The molecule has 1 N–H and O–H groups in total. The minimum atomic E-state index is 0.327. The van der Waals surface area contributed by atoms with Crippen molar-refractivity contribution in [1.29, 1.82) is 0 Å². The first kappa shape index (κ1) is 14.5. The molecule has 3 heteroatoms. The summed E-state index contributed by atoms with van der Waals surface area (Å²) in [5.74, 6) is 0.996. The zero-order valence-corrected chi connectivity index (χ0v) is 12.7. The van der Waals surface area contributed by atoms with Crippen LogP contribution < -0.4 is 10.2 Å². The molecule has 0 aliphatic carbocycles. The summed E-state index contributed by atoms with van der Waals surface area (Å²) in [5.41, 5.74) is 3.71. The predicted octanol–water partition coefficient (Wildman–Crippen LogP) is 3.83. The van der Waals surface area contributed by atoms with Crippen LogP contribution in [0.25, 0.3) is 0 Å². The molecule has 0 bridgehead atoms. The Morgan fingerprint density at radius 3 is 2.50 bits per heavy atom. The zero-order chi connectivity index (χ0) is 14.5. The quantitative estimate of drug-likeness (QED) is 0.894. The van der Waals surface area contributed by atoms with Crippen molar-refractivity contribution in [1.82, 2.24) is 10.3 Å². The first-order chi connectivity index (χ1) is 9.65. The SMILES string of the molecule is CCN(c1ccc(C)cc1)c1cc(C(C)NC)ccn1. The van der Waals surface area contributed by atoms with Crippen LogP contribution in [0, 0.1) is 6.92 Å². The van der Waals surface area contributed by atoms with Gasteiger partial charge in [0.05, 0.1) is 0 Å². The average Bonchev–Trinajstić information content (AvgIpc) is 2.49. The van der Waals surface area contributed by atoms with E-state index >= 15 is 0 Å². The lowest BCUT2D eigenvalue weighted by atomic mass is 10.1. The second-order valence-electron chi connectivity index (χ2n) is 5.04. The molecule has 0 spiro atoms. The lowest BCUT2D eigenvalue weighted by molar-refractivity contribution is 0.651. The van der Waals surface area contributed by atoms with Crippen LogP contribution in [-0.4, -0.2) is 18.6 Å². The molecule has 1 aromatic heterocycles. The number of rotatable bonds is 5. The average molecular weight is 269 g/mol. The first-order valence-electron chi connectivity index (χ1n) is 7.13. The maximum Gasteiger partial charge on any atom is 0.133 e. The number of hydrogen-bond donors (Lipinski definition) is 1. The van der Waals surface area contributed by atoms with Crippen molar-refractivity contribution in [3.05, 3.63) is 53.7 Å². The van der Waals surface area contributed by atoms with Gasteiger partial charge in [0.25, 0.3) is 0 Å². The minimum absolute atomic E-state index is 0.327. The fraction of sp³-hybridized carbons (Fsp3) is 0.353. The fourth-order valence-corrected chi connectivity index (χ4v) is 2.22. The van der Waals surface area contributed by atoms with Gasteiger partial charge in [-0.05, 0) is 57.6 Å².